The normalized spacial score (nSPS) is 11.5. The Labute approximate surface area is 146 Å². The summed E-state index contributed by atoms with van der Waals surface area (Å²) < 4.78 is 34.9. The van der Waals surface area contributed by atoms with Crippen LogP contribution in [0.3, 0.4) is 0 Å². The molecule has 2 aromatic rings. The highest BCUT2D eigenvalue weighted by molar-refractivity contribution is 7.89. The van der Waals surface area contributed by atoms with Gasteiger partial charge in [0.1, 0.15) is 11.5 Å². The van der Waals surface area contributed by atoms with Gasteiger partial charge in [-0.05, 0) is 49.4 Å². The van der Waals surface area contributed by atoms with Gasteiger partial charge in [-0.1, -0.05) is 11.6 Å². The van der Waals surface area contributed by atoms with Crippen LogP contribution in [0.15, 0.2) is 52.5 Å². The van der Waals surface area contributed by atoms with E-state index in [4.69, 9.17) is 21.1 Å². The summed E-state index contributed by atoms with van der Waals surface area (Å²) in [6, 6.07) is 11.0. The molecule has 0 heterocycles. The third kappa shape index (κ3) is 4.62. The van der Waals surface area contributed by atoms with Crippen LogP contribution in [-0.2, 0) is 10.0 Å². The Hall–Kier alpha value is -2.25. The summed E-state index contributed by atoms with van der Waals surface area (Å²) in [6.07, 6.45) is 1.36. The molecule has 0 radical (unpaired) electrons. The van der Waals surface area contributed by atoms with Gasteiger partial charge in [-0.2, -0.15) is 13.5 Å². The van der Waals surface area contributed by atoms with Crippen molar-refractivity contribution in [3.8, 4) is 11.5 Å². The number of hydrogen-bond donors (Lipinski definition) is 1. The first-order valence-electron chi connectivity index (χ1n) is 7.07. The average Bonchev–Trinajstić information content (AvgIpc) is 2.56. The van der Waals surface area contributed by atoms with Crippen molar-refractivity contribution in [3.05, 3.63) is 53.1 Å². The van der Waals surface area contributed by atoms with Crippen molar-refractivity contribution in [3.63, 3.8) is 0 Å². The summed E-state index contributed by atoms with van der Waals surface area (Å²) in [5.74, 6) is 1.19. The fourth-order valence-electron chi connectivity index (χ4n) is 1.87. The fourth-order valence-corrected chi connectivity index (χ4v) is 2.79. The van der Waals surface area contributed by atoms with Gasteiger partial charge in [-0.15, -0.1) is 0 Å². The van der Waals surface area contributed by atoms with E-state index in [9.17, 15) is 8.42 Å². The topological polar surface area (TPSA) is 77.0 Å². The minimum Gasteiger partial charge on any atom is -0.497 e. The lowest BCUT2D eigenvalue weighted by molar-refractivity contribution is 0.338. The van der Waals surface area contributed by atoms with Crippen LogP contribution in [0.4, 0.5) is 0 Å². The average molecular weight is 369 g/mol. The number of nitrogens with one attached hydrogen (secondary N) is 1. The molecule has 1 N–H and O–H groups in total. The molecule has 0 spiro atoms. The number of methoxy groups -OCH3 is 1. The Balaban J connectivity index is 2.20. The molecule has 0 aliphatic rings. The van der Waals surface area contributed by atoms with Crippen LogP contribution in [0.5, 0.6) is 11.5 Å². The lowest BCUT2D eigenvalue weighted by Crippen LogP contribution is -2.18. The number of halogens is 1. The van der Waals surface area contributed by atoms with Gasteiger partial charge < -0.3 is 9.47 Å². The molecule has 24 heavy (non-hydrogen) atoms. The predicted molar refractivity (Wildman–Crippen MR) is 93.5 cm³/mol. The van der Waals surface area contributed by atoms with Crippen LogP contribution < -0.4 is 14.3 Å². The van der Waals surface area contributed by atoms with Gasteiger partial charge in [0.15, 0.2) is 0 Å². The van der Waals surface area contributed by atoms with Crippen molar-refractivity contribution in [1.29, 1.82) is 0 Å². The molecule has 0 aliphatic heterocycles. The van der Waals surface area contributed by atoms with Crippen molar-refractivity contribution in [2.45, 2.75) is 11.8 Å². The first kappa shape index (κ1) is 18.1. The van der Waals surface area contributed by atoms with Gasteiger partial charge in [0.05, 0.1) is 24.8 Å². The quantitative estimate of drug-likeness (QED) is 0.602. The largest absolute Gasteiger partial charge is 0.497 e. The maximum atomic E-state index is 12.1. The second-order valence-corrected chi connectivity index (χ2v) is 6.74. The predicted octanol–water partition coefficient (Wildman–Crippen LogP) is 3.06. The van der Waals surface area contributed by atoms with E-state index in [2.05, 4.69) is 9.93 Å². The zero-order valence-corrected chi connectivity index (χ0v) is 14.8. The lowest BCUT2D eigenvalue weighted by atomic mass is 10.2. The van der Waals surface area contributed by atoms with Crippen molar-refractivity contribution < 1.29 is 17.9 Å². The summed E-state index contributed by atoms with van der Waals surface area (Å²) in [6.45, 7) is 2.33. The molecule has 0 bridgehead atoms. The number of rotatable bonds is 7. The van der Waals surface area contributed by atoms with Gasteiger partial charge in [0.25, 0.3) is 10.0 Å². The lowest BCUT2D eigenvalue weighted by Gasteiger charge is -2.09. The summed E-state index contributed by atoms with van der Waals surface area (Å²) >= 11 is 5.75. The van der Waals surface area contributed by atoms with E-state index >= 15 is 0 Å². The number of hydrazone groups is 1. The summed E-state index contributed by atoms with van der Waals surface area (Å²) in [4.78, 5) is 2.22. The van der Waals surface area contributed by atoms with Gasteiger partial charge in [0.2, 0.25) is 0 Å². The standard InChI is InChI=1S/C16H17ClN2O4S/c1-3-23-16-9-6-14(22-2)10-12(16)11-18-19-24(20,21)15-7-4-13(17)5-8-15/h4-11,19H,3H2,1-2H3/b18-11+. The number of nitrogens with zero attached hydrogens (tertiary/aromatic N) is 1. The maximum Gasteiger partial charge on any atom is 0.276 e. The molecule has 0 fully saturated rings. The maximum absolute atomic E-state index is 12.1. The Morgan fingerprint density at radius 2 is 1.92 bits per heavy atom. The minimum absolute atomic E-state index is 0.0692. The highest BCUT2D eigenvalue weighted by atomic mass is 35.5. The molecule has 0 unspecified atom stereocenters. The molecule has 0 saturated carbocycles. The van der Waals surface area contributed by atoms with Gasteiger partial charge in [-0.25, -0.2) is 4.83 Å². The van der Waals surface area contributed by atoms with E-state index < -0.39 is 10.0 Å². The second kappa shape index (κ2) is 8.03. The van der Waals surface area contributed by atoms with E-state index in [1.807, 2.05) is 6.92 Å². The zero-order chi connectivity index (χ0) is 17.6. The van der Waals surface area contributed by atoms with E-state index in [-0.39, 0.29) is 4.90 Å². The molecule has 2 aromatic carbocycles. The third-order valence-electron chi connectivity index (χ3n) is 3.02. The first-order valence-corrected chi connectivity index (χ1v) is 8.93. The van der Waals surface area contributed by atoms with Crippen LogP contribution in [0.2, 0.25) is 5.02 Å². The molecule has 0 atom stereocenters. The molecular weight excluding hydrogens is 352 g/mol. The highest BCUT2D eigenvalue weighted by Gasteiger charge is 2.12. The van der Waals surface area contributed by atoms with Crippen LogP contribution in [0.1, 0.15) is 12.5 Å². The van der Waals surface area contributed by atoms with Gasteiger partial charge in [0, 0.05) is 10.6 Å². The summed E-state index contributed by atoms with van der Waals surface area (Å²) in [7, 11) is -2.23. The van der Waals surface area contributed by atoms with E-state index in [0.717, 1.165) is 0 Å². The fraction of sp³-hybridized carbons (Fsp3) is 0.188. The van der Waals surface area contributed by atoms with Crippen LogP contribution in [0, 0.1) is 0 Å². The summed E-state index contributed by atoms with van der Waals surface area (Å²) in [5.41, 5.74) is 0.593. The Morgan fingerprint density at radius 3 is 2.54 bits per heavy atom. The van der Waals surface area contributed by atoms with Crippen LogP contribution in [0.25, 0.3) is 0 Å². The zero-order valence-electron chi connectivity index (χ0n) is 13.2. The van der Waals surface area contributed by atoms with Gasteiger partial charge in [-0.3, -0.25) is 0 Å². The van der Waals surface area contributed by atoms with E-state index in [1.165, 1.54) is 30.5 Å². The SMILES string of the molecule is CCOc1ccc(OC)cc1/C=N/NS(=O)(=O)c1ccc(Cl)cc1. The van der Waals surface area contributed by atoms with Crippen LogP contribution >= 0.6 is 11.6 Å². The molecule has 2 rings (SSSR count). The third-order valence-corrected chi connectivity index (χ3v) is 4.51. The first-order chi connectivity index (χ1) is 11.5. The Bertz CT molecular complexity index is 820. The van der Waals surface area contributed by atoms with Gasteiger partial charge >= 0.3 is 0 Å². The van der Waals surface area contributed by atoms with Crippen molar-refractivity contribution in [2.24, 2.45) is 5.10 Å². The van der Waals surface area contributed by atoms with Crippen molar-refractivity contribution in [1.82, 2.24) is 4.83 Å². The van der Waals surface area contributed by atoms with Crippen molar-refractivity contribution >= 4 is 27.8 Å². The molecule has 0 aromatic heterocycles. The number of sulfonamides is 1. The number of benzene rings is 2. The van der Waals surface area contributed by atoms with E-state index in [1.54, 1.807) is 25.3 Å². The smallest absolute Gasteiger partial charge is 0.276 e. The molecule has 128 valence electrons. The summed E-state index contributed by atoms with van der Waals surface area (Å²) in [5, 5.41) is 4.25. The Morgan fingerprint density at radius 1 is 1.21 bits per heavy atom. The Kier molecular flexibility index (Phi) is 6.05. The highest BCUT2D eigenvalue weighted by Crippen LogP contribution is 2.22. The monoisotopic (exact) mass is 368 g/mol. The second-order valence-electron chi connectivity index (χ2n) is 4.64. The van der Waals surface area contributed by atoms with Crippen LogP contribution in [-0.4, -0.2) is 28.3 Å². The molecule has 0 amide bonds. The molecule has 6 nitrogen and oxygen atoms in total. The molecule has 8 heteroatoms. The number of hydrogen-bond acceptors (Lipinski definition) is 5. The molecular formula is C16H17ClN2O4S. The minimum atomic E-state index is -3.77. The van der Waals surface area contributed by atoms with Crippen molar-refractivity contribution in [2.75, 3.05) is 13.7 Å². The molecule has 0 saturated heterocycles. The molecule has 0 aliphatic carbocycles. The number of ether oxygens (including phenoxy) is 2. The van der Waals surface area contributed by atoms with E-state index in [0.29, 0.717) is 28.7 Å².